The molecule has 4 rings (SSSR count). The molecule has 1 saturated heterocycles. The highest BCUT2D eigenvalue weighted by molar-refractivity contribution is 5.64. The average molecular weight is 386 g/mol. The molecule has 0 amide bonds. The first-order valence-corrected chi connectivity index (χ1v) is 9.37. The van der Waals surface area contributed by atoms with Crippen LogP contribution in [0.1, 0.15) is 31.1 Å². The molecule has 3 aromatic rings. The van der Waals surface area contributed by atoms with Gasteiger partial charge in [0.25, 0.3) is 0 Å². The van der Waals surface area contributed by atoms with Crippen LogP contribution >= 0.6 is 0 Å². The number of benzene rings is 1. The average Bonchev–Trinajstić information content (AvgIpc) is 3.18. The normalized spacial score (nSPS) is 18.3. The van der Waals surface area contributed by atoms with E-state index in [1.807, 2.05) is 42.5 Å². The summed E-state index contributed by atoms with van der Waals surface area (Å²) in [5.41, 5.74) is 3.52. The number of nitrogens with one attached hydrogen (secondary N) is 1. The third kappa shape index (κ3) is 4.25. The standard InChI is InChI=1S/C21H21F3N4/c22-21(23,24)14-28-11-5-4-8-19(28)20-26-13-18(27-20)16-9-10-17(25-12-16)15-6-2-1-3-7-15/h1-3,6-7,9-10,12-13,19H,4-5,8,11,14H2,(H,26,27). The van der Waals surface area contributed by atoms with Gasteiger partial charge in [0, 0.05) is 17.3 Å². The Kier molecular flexibility index (Phi) is 5.17. The number of H-pyrrole nitrogens is 1. The zero-order valence-electron chi connectivity index (χ0n) is 15.3. The lowest BCUT2D eigenvalue weighted by molar-refractivity contribution is -0.154. The van der Waals surface area contributed by atoms with Crippen molar-refractivity contribution in [2.24, 2.45) is 0 Å². The van der Waals surface area contributed by atoms with Crippen LogP contribution in [0, 0.1) is 0 Å². The van der Waals surface area contributed by atoms with Crippen LogP contribution in [-0.4, -0.2) is 39.1 Å². The minimum Gasteiger partial charge on any atom is -0.341 e. The third-order valence-corrected chi connectivity index (χ3v) is 5.05. The molecule has 1 fully saturated rings. The van der Waals surface area contributed by atoms with Crippen LogP contribution in [0.25, 0.3) is 22.5 Å². The van der Waals surface area contributed by atoms with E-state index in [9.17, 15) is 13.2 Å². The quantitative estimate of drug-likeness (QED) is 0.668. The van der Waals surface area contributed by atoms with E-state index < -0.39 is 12.7 Å². The minimum atomic E-state index is -4.21. The molecule has 28 heavy (non-hydrogen) atoms. The number of aromatic amines is 1. The van der Waals surface area contributed by atoms with Crippen molar-refractivity contribution >= 4 is 0 Å². The Morgan fingerprint density at radius 1 is 0.964 bits per heavy atom. The highest BCUT2D eigenvalue weighted by atomic mass is 19.4. The maximum Gasteiger partial charge on any atom is 0.401 e. The van der Waals surface area contributed by atoms with Gasteiger partial charge in [0.05, 0.1) is 30.2 Å². The van der Waals surface area contributed by atoms with Gasteiger partial charge < -0.3 is 4.98 Å². The largest absolute Gasteiger partial charge is 0.401 e. The first kappa shape index (κ1) is 18.7. The number of aromatic nitrogens is 3. The highest BCUT2D eigenvalue weighted by Crippen LogP contribution is 2.33. The SMILES string of the molecule is FC(F)(F)CN1CCCCC1c1ncc(-c2ccc(-c3ccccc3)nc2)[nH]1. The summed E-state index contributed by atoms with van der Waals surface area (Å²) in [6.07, 6.45) is 1.59. The van der Waals surface area contributed by atoms with Gasteiger partial charge in [-0.15, -0.1) is 0 Å². The van der Waals surface area contributed by atoms with Crippen molar-refractivity contribution in [2.75, 3.05) is 13.1 Å². The van der Waals surface area contributed by atoms with E-state index >= 15 is 0 Å². The van der Waals surface area contributed by atoms with Crippen LogP contribution in [0.15, 0.2) is 54.9 Å². The first-order chi connectivity index (χ1) is 13.5. The molecule has 2 aromatic heterocycles. The molecule has 0 spiro atoms. The molecule has 1 atom stereocenters. The number of pyridine rings is 1. The van der Waals surface area contributed by atoms with E-state index in [0.29, 0.717) is 18.8 Å². The molecule has 7 heteroatoms. The molecule has 1 unspecified atom stereocenters. The molecule has 146 valence electrons. The Morgan fingerprint density at radius 2 is 1.79 bits per heavy atom. The molecular formula is C21H21F3N4. The molecule has 0 bridgehead atoms. The lowest BCUT2D eigenvalue weighted by atomic mass is 10.0. The molecule has 0 saturated carbocycles. The summed E-state index contributed by atoms with van der Waals surface area (Å²) in [4.78, 5) is 13.6. The second kappa shape index (κ2) is 7.75. The molecule has 1 aliphatic heterocycles. The number of rotatable bonds is 4. The molecule has 0 radical (unpaired) electrons. The number of alkyl halides is 3. The fourth-order valence-electron chi connectivity index (χ4n) is 3.71. The Morgan fingerprint density at radius 3 is 2.50 bits per heavy atom. The summed E-state index contributed by atoms with van der Waals surface area (Å²) >= 11 is 0. The van der Waals surface area contributed by atoms with Crippen molar-refractivity contribution in [3.63, 3.8) is 0 Å². The first-order valence-electron chi connectivity index (χ1n) is 9.37. The topological polar surface area (TPSA) is 44.8 Å². The zero-order valence-corrected chi connectivity index (χ0v) is 15.3. The number of hydrogen-bond acceptors (Lipinski definition) is 3. The fraction of sp³-hybridized carbons (Fsp3) is 0.333. The molecule has 1 N–H and O–H groups in total. The molecule has 1 aliphatic rings. The van der Waals surface area contributed by atoms with Crippen molar-refractivity contribution in [3.8, 4) is 22.5 Å². The smallest absolute Gasteiger partial charge is 0.341 e. The number of nitrogens with zero attached hydrogens (tertiary/aromatic N) is 3. The Balaban J connectivity index is 1.53. The van der Waals surface area contributed by atoms with Crippen LogP contribution in [0.3, 0.4) is 0 Å². The van der Waals surface area contributed by atoms with Crippen molar-refractivity contribution < 1.29 is 13.2 Å². The predicted molar refractivity (Wildman–Crippen MR) is 101 cm³/mol. The summed E-state index contributed by atoms with van der Waals surface area (Å²) in [5.74, 6) is 0.589. The van der Waals surface area contributed by atoms with Gasteiger partial charge in [-0.2, -0.15) is 13.2 Å². The van der Waals surface area contributed by atoms with Gasteiger partial charge in [0.15, 0.2) is 0 Å². The number of likely N-dealkylation sites (tertiary alicyclic amines) is 1. The van der Waals surface area contributed by atoms with Gasteiger partial charge >= 0.3 is 6.18 Å². The van der Waals surface area contributed by atoms with Crippen LogP contribution in [0.4, 0.5) is 13.2 Å². The van der Waals surface area contributed by atoms with E-state index in [0.717, 1.165) is 35.4 Å². The fourth-order valence-corrected chi connectivity index (χ4v) is 3.71. The summed E-state index contributed by atoms with van der Waals surface area (Å²) in [7, 11) is 0. The number of hydrogen-bond donors (Lipinski definition) is 1. The second-order valence-corrected chi connectivity index (χ2v) is 7.08. The molecule has 1 aromatic carbocycles. The van der Waals surface area contributed by atoms with E-state index in [-0.39, 0.29) is 6.04 Å². The van der Waals surface area contributed by atoms with Crippen molar-refractivity contribution in [1.29, 1.82) is 0 Å². The zero-order chi connectivity index (χ0) is 19.6. The van der Waals surface area contributed by atoms with Gasteiger partial charge in [-0.25, -0.2) is 4.98 Å². The number of halogens is 3. The number of imidazole rings is 1. The third-order valence-electron chi connectivity index (χ3n) is 5.05. The summed E-state index contributed by atoms with van der Waals surface area (Å²) in [5, 5.41) is 0. The predicted octanol–water partition coefficient (Wildman–Crippen LogP) is 5.23. The maximum absolute atomic E-state index is 12.9. The molecule has 0 aliphatic carbocycles. The van der Waals surface area contributed by atoms with Gasteiger partial charge in [-0.1, -0.05) is 36.8 Å². The lowest BCUT2D eigenvalue weighted by Gasteiger charge is -2.34. The van der Waals surface area contributed by atoms with Crippen molar-refractivity contribution in [2.45, 2.75) is 31.5 Å². The van der Waals surface area contributed by atoms with Gasteiger partial charge in [0.1, 0.15) is 5.82 Å². The Hall–Kier alpha value is -2.67. The van der Waals surface area contributed by atoms with Crippen LogP contribution in [0.5, 0.6) is 0 Å². The molecule has 3 heterocycles. The lowest BCUT2D eigenvalue weighted by Crippen LogP contribution is -2.40. The maximum atomic E-state index is 12.9. The number of piperidine rings is 1. The van der Waals surface area contributed by atoms with Gasteiger partial charge in [-0.05, 0) is 31.5 Å². The van der Waals surface area contributed by atoms with Gasteiger partial charge in [-0.3, -0.25) is 9.88 Å². The van der Waals surface area contributed by atoms with Crippen molar-refractivity contribution in [1.82, 2.24) is 19.9 Å². The van der Waals surface area contributed by atoms with Crippen LogP contribution < -0.4 is 0 Å². The van der Waals surface area contributed by atoms with Crippen LogP contribution in [-0.2, 0) is 0 Å². The van der Waals surface area contributed by atoms with Gasteiger partial charge in [0.2, 0.25) is 0 Å². The molecular weight excluding hydrogens is 365 g/mol. The Bertz CT molecular complexity index is 903. The van der Waals surface area contributed by atoms with E-state index in [1.54, 1.807) is 12.4 Å². The summed E-state index contributed by atoms with van der Waals surface area (Å²) in [6.45, 7) is -0.464. The monoisotopic (exact) mass is 386 g/mol. The highest BCUT2D eigenvalue weighted by Gasteiger charge is 2.36. The van der Waals surface area contributed by atoms with E-state index in [4.69, 9.17) is 0 Å². The van der Waals surface area contributed by atoms with E-state index in [1.165, 1.54) is 4.90 Å². The van der Waals surface area contributed by atoms with E-state index in [2.05, 4.69) is 15.0 Å². The van der Waals surface area contributed by atoms with Crippen LogP contribution in [0.2, 0.25) is 0 Å². The molecule has 4 nitrogen and oxygen atoms in total. The second-order valence-electron chi connectivity index (χ2n) is 7.08. The minimum absolute atomic E-state index is 0.333. The van der Waals surface area contributed by atoms with Crippen molar-refractivity contribution in [3.05, 3.63) is 60.7 Å². The summed E-state index contributed by atoms with van der Waals surface area (Å²) in [6, 6.07) is 13.4. The Labute approximate surface area is 161 Å². The summed E-state index contributed by atoms with van der Waals surface area (Å²) < 4.78 is 38.7.